The van der Waals surface area contributed by atoms with Gasteiger partial charge in [0.25, 0.3) is 0 Å². The Morgan fingerprint density at radius 1 is 1.19 bits per heavy atom. The van der Waals surface area contributed by atoms with Gasteiger partial charge in [-0.05, 0) is 53.1 Å². The summed E-state index contributed by atoms with van der Waals surface area (Å²) in [5, 5.41) is 4.08. The number of hydrogen-bond acceptors (Lipinski definition) is 4. The number of hydrogen-bond donors (Lipinski definition) is 0. The molecule has 134 valence electrons. The number of halogens is 2. The first-order valence-corrected chi connectivity index (χ1v) is 10.8. The topological polar surface area (TPSA) is 20.3 Å². The highest BCUT2D eigenvalue weighted by atomic mass is 32.2. The molecule has 0 bridgehead atoms. The van der Waals surface area contributed by atoms with E-state index in [0.717, 1.165) is 41.3 Å². The highest BCUT2D eigenvalue weighted by Gasteiger charge is 2.33. The van der Waals surface area contributed by atoms with Crippen molar-refractivity contribution in [1.82, 2.24) is 4.90 Å². The molecule has 0 aliphatic carbocycles. The van der Waals surface area contributed by atoms with Gasteiger partial charge in [-0.25, -0.2) is 8.78 Å². The van der Waals surface area contributed by atoms with E-state index in [9.17, 15) is 13.6 Å². The number of amides is 1. The number of benzene rings is 1. The molecule has 0 fully saturated rings. The lowest BCUT2D eigenvalue weighted by molar-refractivity contribution is -0.130. The zero-order valence-corrected chi connectivity index (χ0v) is 16.1. The second-order valence-electron chi connectivity index (χ2n) is 5.92. The summed E-state index contributed by atoms with van der Waals surface area (Å²) in [5.74, 6) is -0.979. The number of nitrogens with zero attached hydrogens (tertiary/aromatic N) is 1. The maximum absolute atomic E-state index is 13.8. The van der Waals surface area contributed by atoms with E-state index in [0.29, 0.717) is 6.54 Å². The summed E-state index contributed by atoms with van der Waals surface area (Å²) in [6, 6.07) is 9.34. The molecule has 1 amide bonds. The van der Waals surface area contributed by atoms with Gasteiger partial charge in [-0.2, -0.15) is 0 Å². The minimum absolute atomic E-state index is 0.0612. The van der Waals surface area contributed by atoms with Crippen LogP contribution >= 0.6 is 34.4 Å². The average molecular weight is 408 g/mol. The van der Waals surface area contributed by atoms with E-state index in [-0.39, 0.29) is 22.6 Å². The molecule has 0 radical (unpaired) electrons. The number of thioether (sulfide) groups is 1. The molecule has 0 saturated carbocycles. The summed E-state index contributed by atoms with van der Waals surface area (Å²) in [4.78, 5) is 17.4. The predicted molar refractivity (Wildman–Crippen MR) is 103 cm³/mol. The molecule has 0 spiro atoms. The van der Waals surface area contributed by atoms with E-state index in [1.165, 1.54) is 10.4 Å². The molecule has 0 unspecified atom stereocenters. The smallest absolute Gasteiger partial charge is 0.233 e. The van der Waals surface area contributed by atoms with Crippen LogP contribution in [0.25, 0.3) is 0 Å². The van der Waals surface area contributed by atoms with Gasteiger partial charge in [0.1, 0.15) is 11.6 Å². The van der Waals surface area contributed by atoms with Gasteiger partial charge in [0.2, 0.25) is 5.91 Å². The molecule has 0 N–H and O–H groups in total. The molecule has 26 heavy (non-hydrogen) atoms. The van der Waals surface area contributed by atoms with Gasteiger partial charge in [0, 0.05) is 21.2 Å². The van der Waals surface area contributed by atoms with Gasteiger partial charge in [0.15, 0.2) is 0 Å². The summed E-state index contributed by atoms with van der Waals surface area (Å²) in [5.41, 5.74) is 1.18. The maximum Gasteiger partial charge on any atom is 0.233 e. The Kier molecular flexibility index (Phi) is 5.11. The third-order valence-corrected chi connectivity index (χ3v) is 7.28. The van der Waals surface area contributed by atoms with Crippen molar-refractivity contribution in [2.45, 2.75) is 17.4 Å². The summed E-state index contributed by atoms with van der Waals surface area (Å²) >= 11 is 4.40. The van der Waals surface area contributed by atoms with Crippen molar-refractivity contribution >= 4 is 40.3 Å². The van der Waals surface area contributed by atoms with Crippen LogP contribution in [0.4, 0.5) is 8.78 Å². The van der Waals surface area contributed by atoms with E-state index in [2.05, 4.69) is 11.4 Å². The lowest BCUT2D eigenvalue weighted by Gasteiger charge is -2.35. The molecule has 1 aliphatic rings. The fraction of sp³-hybridized carbons (Fsp3) is 0.211. The van der Waals surface area contributed by atoms with Crippen LogP contribution in [0, 0.1) is 11.6 Å². The van der Waals surface area contributed by atoms with E-state index >= 15 is 0 Å². The van der Waals surface area contributed by atoms with E-state index in [1.807, 2.05) is 22.4 Å². The highest BCUT2D eigenvalue weighted by Crippen LogP contribution is 2.40. The summed E-state index contributed by atoms with van der Waals surface area (Å²) in [7, 11) is 0. The van der Waals surface area contributed by atoms with Gasteiger partial charge >= 0.3 is 0 Å². The van der Waals surface area contributed by atoms with Gasteiger partial charge in [0.05, 0.1) is 11.8 Å². The fourth-order valence-corrected chi connectivity index (χ4v) is 5.75. The van der Waals surface area contributed by atoms with Crippen molar-refractivity contribution in [3.63, 3.8) is 0 Å². The molecule has 7 heteroatoms. The lowest BCUT2D eigenvalue weighted by Crippen LogP contribution is -2.40. The Morgan fingerprint density at radius 2 is 2.08 bits per heavy atom. The van der Waals surface area contributed by atoms with Crippen molar-refractivity contribution < 1.29 is 13.6 Å². The van der Waals surface area contributed by atoms with Crippen LogP contribution in [0.5, 0.6) is 0 Å². The summed E-state index contributed by atoms with van der Waals surface area (Å²) < 4.78 is 27.1. The number of carbonyl (C=O) groups excluding carboxylic acids is 1. The second kappa shape index (κ2) is 7.50. The van der Waals surface area contributed by atoms with Crippen molar-refractivity contribution in [3.8, 4) is 0 Å². The molecular weight excluding hydrogens is 392 g/mol. The number of thiophene rings is 2. The molecule has 1 aliphatic heterocycles. The molecule has 1 atom stereocenters. The Morgan fingerprint density at radius 3 is 2.88 bits per heavy atom. The first-order chi connectivity index (χ1) is 12.6. The van der Waals surface area contributed by atoms with E-state index in [4.69, 9.17) is 0 Å². The summed E-state index contributed by atoms with van der Waals surface area (Å²) in [6.45, 7) is 0.640. The van der Waals surface area contributed by atoms with Crippen LogP contribution in [0.2, 0.25) is 0 Å². The van der Waals surface area contributed by atoms with Crippen LogP contribution in [-0.2, 0) is 11.2 Å². The van der Waals surface area contributed by atoms with E-state index < -0.39 is 11.6 Å². The second-order valence-corrected chi connectivity index (χ2v) is 8.91. The lowest BCUT2D eigenvalue weighted by atomic mass is 9.98. The molecule has 4 rings (SSSR count). The molecule has 1 aromatic carbocycles. The average Bonchev–Trinajstić information content (AvgIpc) is 3.32. The van der Waals surface area contributed by atoms with Gasteiger partial charge in [-0.1, -0.05) is 6.07 Å². The third-order valence-electron chi connectivity index (χ3n) is 4.34. The SMILES string of the molecule is O=C(CSc1cc(F)ccc1F)N1CCc2sccc2[C@@H]1c1cccs1. The van der Waals surface area contributed by atoms with Crippen molar-refractivity contribution in [2.24, 2.45) is 0 Å². The largest absolute Gasteiger partial charge is 0.330 e. The molecule has 3 aromatic rings. The Balaban J connectivity index is 1.56. The first kappa shape index (κ1) is 17.7. The Bertz CT molecular complexity index is 923. The molecule has 3 heterocycles. The highest BCUT2D eigenvalue weighted by molar-refractivity contribution is 8.00. The van der Waals surface area contributed by atoms with Crippen molar-refractivity contribution in [1.29, 1.82) is 0 Å². The molecular formula is C19H15F2NOS3. The van der Waals surface area contributed by atoms with Gasteiger partial charge in [-0.15, -0.1) is 34.4 Å². The standard InChI is InChI=1S/C19H15F2NOS3/c20-12-3-4-14(21)17(10-12)26-11-18(23)22-7-5-15-13(6-9-25-15)19(22)16-2-1-8-24-16/h1-4,6,8-10,19H,5,7,11H2/t19-/m1/s1. The monoisotopic (exact) mass is 407 g/mol. The first-order valence-electron chi connectivity index (χ1n) is 8.10. The number of fused-ring (bicyclic) bond motifs is 1. The minimum Gasteiger partial charge on any atom is -0.330 e. The number of carbonyl (C=O) groups is 1. The minimum atomic E-state index is -0.502. The van der Waals surface area contributed by atoms with Gasteiger partial charge in [-0.3, -0.25) is 4.79 Å². The number of rotatable bonds is 4. The Labute approximate surface area is 162 Å². The van der Waals surface area contributed by atoms with Gasteiger partial charge < -0.3 is 4.90 Å². The van der Waals surface area contributed by atoms with Crippen LogP contribution in [-0.4, -0.2) is 23.1 Å². The predicted octanol–water partition coefficient (Wildman–Crippen LogP) is 5.35. The molecule has 0 saturated heterocycles. The zero-order valence-electron chi connectivity index (χ0n) is 13.7. The zero-order chi connectivity index (χ0) is 18.1. The van der Waals surface area contributed by atoms with Crippen LogP contribution in [0.3, 0.4) is 0 Å². The van der Waals surface area contributed by atoms with Crippen LogP contribution in [0.1, 0.15) is 21.4 Å². The normalized spacial score (nSPS) is 16.5. The molecule has 2 nitrogen and oxygen atoms in total. The molecule has 2 aromatic heterocycles. The van der Waals surface area contributed by atoms with E-state index in [1.54, 1.807) is 22.7 Å². The van der Waals surface area contributed by atoms with Crippen LogP contribution < -0.4 is 0 Å². The van der Waals surface area contributed by atoms with Crippen molar-refractivity contribution in [3.05, 3.63) is 74.1 Å². The third kappa shape index (κ3) is 3.43. The quantitative estimate of drug-likeness (QED) is 0.543. The summed E-state index contributed by atoms with van der Waals surface area (Å²) in [6.07, 6.45) is 0.833. The van der Waals surface area contributed by atoms with Crippen molar-refractivity contribution in [2.75, 3.05) is 12.3 Å². The Hall–Kier alpha value is -1.70. The van der Waals surface area contributed by atoms with Crippen LogP contribution in [0.15, 0.2) is 52.1 Å². The fourth-order valence-electron chi connectivity index (χ4n) is 3.15. The maximum atomic E-state index is 13.8.